The molecule has 25 heavy (non-hydrogen) atoms. The third-order valence-corrected chi connectivity index (χ3v) is 3.85. The van der Waals surface area contributed by atoms with Gasteiger partial charge in [-0.15, -0.1) is 10.2 Å². The molecular weight excluding hydrogens is 344 g/mol. The van der Waals surface area contributed by atoms with Crippen molar-refractivity contribution >= 4 is 29.3 Å². The van der Waals surface area contributed by atoms with Crippen LogP contribution in [0.5, 0.6) is 0 Å². The summed E-state index contributed by atoms with van der Waals surface area (Å²) >= 11 is 1.08. The zero-order chi connectivity index (χ0) is 17.6. The average molecular weight is 356 g/mol. The molecule has 8 nitrogen and oxygen atoms in total. The Bertz CT molecular complexity index is 898. The van der Waals surface area contributed by atoms with Crippen LogP contribution in [0.3, 0.4) is 0 Å². The van der Waals surface area contributed by atoms with Crippen molar-refractivity contribution in [3.8, 4) is 11.5 Å². The minimum absolute atomic E-state index is 0.0476. The number of nitrogens with zero attached hydrogens (tertiary/aromatic N) is 3. The lowest BCUT2D eigenvalue weighted by Gasteiger charge is -2.04. The first-order valence-corrected chi connectivity index (χ1v) is 8.10. The van der Waals surface area contributed by atoms with E-state index in [9.17, 15) is 9.59 Å². The largest absolute Gasteiger partial charge is 0.478 e. The molecule has 0 saturated carbocycles. The Morgan fingerprint density at radius 3 is 2.84 bits per heavy atom. The van der Waals surface area contributed by atoms with E-state index in [0.29, 0.717) is 17.1 Å². The van der Waals surface area contributed by atoms with E-state index in [1.807, 2.05) is 0 Å². The Morgan fingerprint density at radius 2 is 2.08 bits per heavy atom. The van der Waals surface area contributed by atoms with Gasteiger partial charge < -0.3 is 14.8 Å². The van der Waals surface area contributed by atoms with Gasteiger partial charge >= 0.3 is 5.97 Å². The van der Waals surface area contributed by atoms with E-state index in [0.717, 1.165) is 11.8 Å². The fourth-order valence-corrected chi connectivity index (χ4v) is 2.49. The predicted octanol–water partition coefficient (Wildman–Crippen LogP) is 2.56. The fraction of sp³-hybridized carbons (Fsp3) is 0.0625. The van der Waals surface area contributed by atoms with Crippen molar-refractivity contribution in [1.29, 1.82) is 0 Å². The highest BCUT2D eigenvalue weighted by atomic mass is 32.2. The van der Waals surface area contributed by atoms with Crippen LogP contribution >= 0.6 is 11.8 Å². The first-order chi connectivity index (χ1) is 12.1. The third kappa shape index (κ3) is 4.42. The summed E-state index contributed by atoms with van der Waals surface area (Å²) in [6.45, 7) is 0. The standard InChI is InChI=1S/C16H12N4O4S/c21-13(18-12-5-1-3-10(7-12)15(22)23)9-25-16-20-19-14(24-16)11-4-2-6-17-8-11/h1-8H,9H2,(H,18,21)(H,22,23). The number of amides is 1. The lowest BCUT2D eigenvalue weighted by Crippen LogP contribution is -2.14. The van der Waals surface area contributed by atoms with Crippen molar-refractivity contribution in [2.45, 2.75) is 5.22 Å². The van der Waals surface area contributed by atoms with Gasteiger partial charge in [-0.3, -0.25) is 9.78 Å². The second-order valence-electron chi connectivity index (χ2n) is 4.84. The van der Waals surface area contributed by atoms with Gasteiger partial charge in [0.05, 0.1) is 16.9 Å². The molecule has 0 aliphatic heterocycles. The summed E-state index contributed by atoms with van der Waals surface area (Å²) in [7, 11) is 0. The Balaban J connectivity index is 1.57. The van der Waals surface area contributed by atoms with E-state index in [-0.39, 0.29) is 22.4 Å². The van der Waals surface area contributed by atoms with Crippen LogP contribution in [0.15, 0.2) is 58.4 Å². The van der Waals surface area contributed by atoms with Crippen LogP contribution in [0.1, 0.15) is 10.4 Å². The quantitative estimate of drug-likeness (QED) is 0.647. The molecule has 0 saturated heterocycles. The zero-order valence-electron chi connectivity index (χ0n) is 12.7. The van der Waals surface area contributed by atoms with E-state index >= 15 is 0 Å². The van der Waals surface area contributed by atoms with Crippen molar-refractivity contribution in [2.24, 2.45) is 0 Å². The molecule has 2 heterocycles. The Morgan fingerprint density at radius 1 is 1.20 bits per heavy atom. The summed E-state index contributed by atoms with van der Waals surface area (Å²) in [5.41, 5.74) is 1.20. The number of aromatic nitrogens is 3. The minimum Gasteiger partial charge on any atom is -0.478 e. The highest BCUT2D eigenvalue weighted by Crippen LogP contribution is 2.22. The average Bonchev–Trinajstić information content (AvgIpc) is 3.10. The normalized spacial score (nSPS) is 10.4. The molecule has 1 aromatic carbocycles. The van der Waals surface area contributed by atoms with Crippen LogP contribution in [0.4, 0.5) is 5.69 Å². The monoisotopic (exact) mass is 356 g/mol. The molecule has 0 fully saturated rings. The third-order valence-electron chi connectivity index (χ3n) is 3.03. The fourth-order valence-electron chi connectivity index (χ4n) is 1.93. The molecular formula is C16H12N4O4S. The lowest BCUT2D eigenvalue weighted by molar-refractivity contribution is -0.113. The highest BCUT2D eigenvalue weighted by molar-refractivity contribution is 7.99. The first kappa shape index (κ1) is 16.7. The maximum absolute atomic E-state index is 12.0. The van der Waals surface area contributed by atoms with E-state index in [4.69, 9.17) is 9.52 Å². The Labute approximate surface area is 146 Å². The Hall–Kier alpha value is -3.20. The SMILES string of the molecule is O=C(CSc1nnc(-c2cccnc2)o1)Nc1cccc(C(=O)O)c1. The summed E-state index contributed by atoms with van der Waals surface area (Å²) in [5, 5.41) is 19.6. The van der Waals surface area contributed by atoms with Gasteiger partial charge in [-0.05, 0) is 30.3 Å². The Kier molecular flexibility index (Phi) is 5.05. The van der Waals surface area contributed by atoms with E-state index in [2.05, 4.69) is 20.5 Å². The molecule has 0 atom stereocenters. The zero-order valence-corrected chi connectivity index (χ0v) is 13.6. The number of hydrogen-bond donors (Lipinski definition) is 2. The number of hydrogen-bond acceptors (Lipinski definition) is 7. The van der Waals surface area contributed by atoms with Crippen molar-refractivity contribution in [3.63, 3.8) is 0 Å². The second kappa shape index (κ2) is 7.58. The molecule has 0 aliphatic rings. The maximum Gasteiger partial charge on any atom is 0.335 e. The molecule has 9 heteroatoms. The van der Waals surface area contributed by atoms with E-state index in [1.165, 1.54) is 12.1 Å². The topological polar surface area (TPSA) is 118 Å². The van der Waals surface area contributed by atoms with Gasteiger partial charge in [0, 0.05) is 18.1 Å². The number of carboxylic acids is 1. The highest BCUT2D eigenvalue weighted by Gasteiger charge is 2.12. The molecule has 0 unspecified atom stereocenters. The molecule has 1 amide bonds. The van der Waals surface area contributed by atoms with Gasteiger partial charge in [0.1, 0.15) is 0 Å². The summed E-state index contributed by atoms with van der Waals surface area (Å²) in [6, 6.07) is 9.55. The van der Waals surface area contributed by atoms with Crippen molar-refractivity contribution in [2.75, 3.05) is 11.1 Å². The number of anilines is 1. The molecule has 2 N–H and O–H groups in total. The van der Waals surface area contributed by atoms with Crippen LogP contribution in [0.2, 0.25) is 0 Å². The molecule has 126 valence electrons. The molecule has 3 rings (SSSR count). The van der Waals surface area contributed by atoms with Crippen molar-refractivity contribution < 1.29 is 19.1 Å². The van der Waals surface area contributed by atoms with Gasteiger partial charge in [0.2, 0.25) is 11.8 Å². The number of carbonyl (C=O) groups excluding carboxylic acids is 1. The molecule has 2 aromatic heterocycles. The van der Waals surface area contributed by atoms with Gasteiger partial charge in [0.25, 0.3) is 5.22 Å². The first-order valence-electron chi connectivity index (χ1n) is 7.12. The predicted molar refractivity (Wildman–Crippen MR) is 90.3 cm³/mol. The molecule has 0 aliphatic carbocycles. The summed E-state index contributed by atoms with van der Waals surface area (Å²) in [6.07, 6.45) is 3.24. The number of pyridine rings is 1. The summed E-state index contributed by atoms with van der Waals surface area (Å²) < 4.78 is 5.46. The number of rotatable bonds is 6. The van der Waals surface area contributed by atoms with E-state index < -0.39 is 5.97 Å². The molecule has 0 spiro atoms. The molecule has 0 bridgehead atoms. The number of nitrogens with one attached hydrogen (secondary N) is 1. The smallest absolute Gasteiger partial charge is 0.335 e. The number of aromatic carboxylic acids is 1. The number of benzene rings is 1. The number of thioether (sulfide) groups is 1. The molecule has 0 radical (unpaired) electrons. The van der Waals surface area contributed by atoms with E-state index in [1.54, 1.807) is 36.7 Å². The van der Waals surface area contributed by atoms with Crippen LogP contribution in [-0.2, 0) is 4.79 Å². The molecule has 3 aromatic rings. The van der Waals surface area contributed by atoms with Gasteiger partial charge in [-0.1, -0.05) is 17.8 Å². The second-order valence-corrected chi connectivity index (χ2v) is 5.76. The maximum atomic E-state index is 12.0. The summed E-state index contributed by atoms with van der Waals surface area (Å²) in [5.74, 6) is -0.996. The van der Waals surface area contributed by atoms with Gasteiger partial charge in [-0.2, -0.15) is 0 Å². The van der Waals surface area contributed by atoms with Crippen LogP contribution in [0.25, 0.3) is 11.5 Å². The summed E-state index contributed by atoms with van der Waals surface area (Å²) in [4.78, 5) is 26.9. The van der Waals surface area contributed by atoms with Crippen LogP contribution in [-0.4, -0.2) is 37.9 Å². The van der Waals surface area contributed by atoms with Gasteiger partial charge in [-0.25, -0.2) is 4.79 Å². The van der Waals surface area contributed by atoms with Crippen molar-refractivity contribution in [3.05, 3.63) is 54.4 Å². The van der Waals surface area contributed by atoms with Crippen molar-refractivity contribution in [1.82, 2.24) is 15.2 Å². The van der Waals surface area contributed by atoms with Crippen LogP contribution < -0.4 is 5.32 Å². The van der Waals surface area contributed by atoms with Crippen LogP contribution in [0, 0.1) is 0 Å². The lowest BCUT2D eigenvalue weighted by atomic mass is 10.2. The minimum atomic E-state index is -1.06. The number of carbonyl (C=O) groups is 2. The number of carboxylic acid groups (broad SMARTS) is 1. The van der Waals surface area contributed by atoms with Gasteiger partial charge in [0.15, 0.2) is 0 Å².